The minimum Gasteiger partial charge on any atom is -0.338 e. The molecule has 0 aromatic heterocycles. The van der Waals surface area contributed by atoms with E-state index in [1.807, 2.05) is 13.0 Å². The molecule has 2 amide bonds. The monoisotopic (exact) mass is 300 g/mol. The topological polar surface area (TPSA) is 32.3 Å². The summed E-state index contributed by atoms with van der Waals surface area (Å²) in [4.78, 5) is 13.7. The predicted octanol–water partition coefficient (Wildman–Crippen LogP) is 4.11. The van der Waals surface area contributed by atoms with Gasteiger partial charge >= 0.3 is 6.03 Å². The average Bonchev–Trinajstić information content (AvgIpc) is 3.18. The van der Waals surface area contributed by atoms with Crippen molar-refractivity contribution in [1.82, 2.24) is 10.2 Å². The van der Waals surface area contributed by atoms with Crippen molar-refractivity contribution in [1.29, 1.82) is 0 Å². The summed E-state index contributed by atoms with van der Waals surface area (Å²) in [7, 11) is 1.78. The minimum absolute atomic E-state index is 0.0644. The van der Waals surface area contributed by atoms with Crippen molar-refractivity contribution in [3.63, 3.8) is 0 Å². The van der Waals surface area contributed by atoms with E-state index in [2.05, 4.69) is 5.32 Å². The van der Waals surface area contributed by atoms with Crippen LogP contribution in [0.25, 0.3) is 0 Å². The molecule has 1 aliphatic rings. The van der Waals surface area contributed by atoms with E-state index in [1.165, 1.54) is 12.8 Å². The molecular weight excluding hydrogens is 283 g/mol. The number of nitrogens with zero attached hydrogens (tertiary/aromatic N) is 1. The summed E-state index contributed by atoms with van der Waals surface area (Å²) >= 11 is 12.0. The molecule has 1 saturated carbocycles. The largest absolute Gasteiger partial charge is 0.338 e. The summed E-state index contributed by atoms with van der Waals surface area (Å²) in [5.41, 5.74) is 0.898. The smallest absolute Gasteiger partial charge is 0.317 e. The maximum atomic E-state index is 12.0. The maximum Gasteiger partial charge on any atom is 0.317 e. The molecule has 1 atom stereocenters. The summed E-state index contributed by atoms with van der Waals surface area (Å²) in [5, 5.41) is 4.13. The van der Waals surface area contributed by atoms with Gasteiger partial charge in [-0.05, 0) is 43.4 Å². The Bertz CT molecular complexity index is 475. The quantitative estimate of drug-likeness (QED) is 0.892. The maximum absolute atomic E-state index is 12.0. The summed E-state index contributed by atoms with van der Waals surface area (Å²) in [6.07, 6.45) is 2.45. The van der Waals surface area contributed by atoms with E-state index in [4.69, 9.17) is 23.2 Å². The first kappa shape index (κ1) is 14.5. The fourth-order valence-electron chi connectivity index (χ4n) is 1.90. The highest BCUT2D eigenvalue weighted by atomic mass is 35.5. The first-order valence-corrected chi connectivity index (χ1v) is 7.20. The third-order valence-electron chi connectivity index (χ3n) is 3.55. The number of amides is 2. The van der Waals surface area contributed by atoms with Crippen LogP contribution in [0.15, 0.2) is 18.2 Å². The van der Waals surface area contributed by atoms with Gasteiger partial charge in [0.1, 0.15) is 0 Å². The molecule has 0 bridgehead atoms. The lowest BCUT2D eigenvalue weighted by molar-refractivity contribution is 0.194. The Morgan fingerprint density at radius 1 is 1.47 bits per heavy atom. The van der Waals surface area contributed by atoms with Crippen LogP contribution >= 0.6 is 23.2 Å². The third-order valence-corrected chi connectivity index (χ3v) is 4.12. The number of urea groups is 1. The Morgan fingerprint density at radius 3 is 2.74 bits per heavy atom. The molecule has 1 aromatic carbocycles. The van der Waals surface area contributed by atoms with Crippen molar-refractivity contribution >= 4 is 29.2 Å². The van der Waals surface area contributed by atoms with Gasteiger partial charge in [-0.2, -0.15) is 0 Å². The lowest BCUT2D eigenvalue weighted by atomic mass is 10.1. The number of nitrogens with one attached hydrogen (secondary N) is 1. The highest BCUT2D eigenvalue weighted by Gasteiger charge is 2.24. The average molecular weight is 301 g/mol. The van der Waals surface area contributed by atoms with Crippen molar-refractivity contribution < 1.29 is 4.79 Å². The highest BCUT2D eigenvalue weighted by molar-refractivity contribution is 6.35. The molecule has 104 valence electrons. The van der Waals surface area contributed by atoms with Gasteiger partial charge in [0.15, 0.2) is 0 Å². The summed E-state index contributed by atoms with van der Waals surface area (Å²) in [6, 6.07) is 5.19. The predicted molar refractivity (Wildman–Crippen MR) is 78.8 cm³/mol. The van der Waals surface area contributed by atoms with Gasteiger partial charge < -0.3 is 10.2 Å². The zero-order valence-corrected chi connectivity index (χ0v) is 12.6. The second kappa shape index (κ2) is 6.02. The van der Waals surface area contributed by atoms with Crippen molar-refractivity contribution in [2.45, 2.75) is 25.8 Å². The second-order valence-corrected chi connectivity index (χ2v) is 5.93. The van der Waals surface area contributed by atoms with Gasteiger partial charge in [-0.15, -0.1) is 0 Å². The summed E-state index contributed by atoms with van der Waals surface area (Å²) < 4.78 is 0. The van der Waals surface area contributed by atoms with E-state index in [-0.39, 0.29) is 12.1 Å². The van der Waals surface area contributed by atoms with Crippen LogP contribution in [0, 0.1) is 5.92 Å². The van der Waals surface area contributed by atoms with Gasteiger partial charge in [-0.25, -0.2) is 4.79 Å². The number of rotatable bonds is 4. The molecule has 3 nitrogen and oxygen atoms in total. The van der Waals surface area contributed by atoms with Crippen molar-refractivity contribution in [2.75, 3.05) is 13.6 Å². The molecule has 1 N–H and O–H groups in total. The first-order chi connectivity index (χ1) is 8.99. The van der Waals surface area contributed by atoms with Crippen LogP contribution in [0.3, 0.4) is 0 Å². The molecule has 0 saturated heterocycles. The van der Waals surface area contributed by atoms with E-state index in [9.17, 15) is 4.79 Å². The standard InChI is InChI=1S/C14H18Cl2N2O/c1-9(12-6-5-11(15)7-13(12)16)18(2)14(19)17-8-10-3-4-10/h5-7,9-10H,3-4,8H2,1-2H3,(H,17,19)/t9-/m1/s1. The van der Waals surface area contributed by atoms with Crippen LogP contribution in [-0.2, 0) is 0 Å². The minimum atomic E-state index is -0.0935. The van der Waals surface area contributed by atoms with Gasteiger partial charge in [0.25, 0.3) is 0 Å². The third kappa shape index (κ3) is 3.77. The molecule has 0 spiro atoms. The number of carbonyl (C=O) groups excluding carboxylic acids is 1. The molecular formula is C14H18Cl2N2O. The number of halogens is 2. The SMILES string of the molecule is C[C@H](c1ccc(Cl)cc1Cl)N(C)C(=O)NCC1CC1. The fourth-order valence-corrected chi connectivity index (χ4v) is 2.47. The van der Waals surface area contributed by atoms with Gasteiger partial charge in [0.2, 0.25) is 0 Å². The zero-order valence-electron chi connectivity index (χ0n) is 11.1. The Morgan fingerprint density at radius 2 is 2.16 bits per heavy atom. The molecule has 0 unspecified atom stereocenters. The van der Waals surface area contributed by atoms with Gasteiger partial charge in [0, 0.05) is 23.6 Å². The van der Waals surface area contributed by atoms with Crippen LogP contribution in [0.1, 0.15) is 31.4 Å². The van der Waals surface area contributed by atoms with E-state index < -0.39 is 0 Å². The molecule has 1 aliphatic carbocycles. The van der Waals surface area contributed by atoms with Crippen LogP contribution in [0.5, 0.6) is 0 Å². The fraction of sp³-hybridized carbons (Fsp3) is 0.500. The summed E-state index contributed by atoms with van der Waals surface area (Å²) in [5.74, 6) is 0.673. The van der Waals surface area contributed by atoms with Crippen LogP contribution in [0.4, 0.5) is 4.79 Å². The second-order valence-electron chi connectivity index (χ2n) is 5.08. The molecule has 0 heterocycles. The van der Waals surface area contributed by atoms with Gasteiger partial charge in [-0.1, -0.05) is 29.3 Å². The van der Waals surface area contributed by atoms with E-state index in [0.717, 1.165) is 12.1 Å². The number of hydrogen-bond acceptors (Lipinski definition) is 1. The normalized spacial score (nSPS) is 16.0. The van der Waals surface area contributed by atoms with Crippen LogP contribution < -0.4 is 5.32 Å². The Kier molecular flexibility index (Phi) is 4.58. The van der Waals surface area contributed by atoms with E-state index in [0.29, 0.717) is 16.0 Å². The van der Waals surface area contributed by atoms with Crippen LogP contribution in [0.2, 0.25) is 10.0 Å². The lowest BCUT2D eigenvalue weighted by Gasteiger charge is -2.26. The van der Waals surface area contributed by atoms with Crippen molar-refractivity contribution in [2.24, 2.45) is 5.92 Å². The lowest BCUT2D eigenvalue weighted by Crippen LogP contribution is -2.39. The van der Waals surface area contributed by atoms with Gasteiger partial charge in [0.05, 0.1) is 6.04 Å². The number of carbonyl (C=O) groups is 1. The van der Waals surface area contributed by atoms with Crippen LogP contribution in [-0.4, -0.2) is 24.5 Å². The molecule has 19 heavy (non-hydrogen) atoms. The Labute approximate surface area is 123 Å². The molecule has 5 heteroatoms. The van der Waals surface area contributed by atoms with E-state index >= 15 is 0 Å². The zero-order chi connectivity index (χ0) is 14.0. The molecule has 0 aliphatic heterocycles. The molecule has 2 rings (SSSR count). The molecule has 1 aromatic rings. The van der Waals surface area contributed by atoms with Gasteiger partial charge in [-0.3, -0.25) is 0 Å². The first-order valence-electron chi connectivity index (χ1n) is 6.44. The molecule has 1 fully saturated rings. The number of benzene rings is 1. The van der Waals surface area contributed by atoms with E-state index in [1.54, 1.807) is 24.1 Å². The van der Waals surface area contributed by atoms with Crippen molar-refractivity contribution in [3.05, 3.63) is 33.8 Å². The number of hydrogen-bond donors (Lipinski definition) is 1. The Balaban J connectivity index is 2.00. The highest BCUT2D eigenvalue weighted by Crippen LogP contribution is 2.30. The van der Waals surface area contributed by atoms with Crippen molar-refractivity contribution in [3.8, 4) is 0 Å². The summed E-state index contributed by atoms with van der Waals surface area (Å²) in [6.45, 7) is 2.72. The molecule has 0 radical (unpaired) electrons. The Hall–Kier alpha value is -0.930.